The summed E-state index contributed by atoms with van der Waals surface area (Å²) < 4.78 is 15.7. The lowest BCUT2D eigenvalue weighted by atomic mass is 10.1. The van der Waals surface area contributed by atoms with Crippen LogP contribution in [0.1, 0.15) is 44.5 Å². The molecule has 0 aliphatic carbocycles. The lowest BCUT2D eigenvalue weighted by molar-refractivity contribution is -0.122. The maximum absolute atomic E-state index is 13.6. The normalized spacial score (nSPS) is 14.7. The van der Waals surface area contributed by atoms with Gasteiger partial charge in [0.2, 0.25) is 11.9 Å². The van der Waals surface area contributed by atoms with Gasteiger partial charge < -0.3 is 20.0 Å². The van der Waals surface area contributed by atoms with Crippen LogP contribution in [-0.4, -0.2) is 44.8 Å². The van der Waals surface area contributed by atoms with Crippen molar-refractivity contribution in [3.63, 3.8) is 0 Å². The van der Waals surface area contributed by atoms with Crippen LogP contribution in [0.5, 0.6) is 0 Å². The molecular formula is C24H27FN6O2. The zero-order valence-electron chi connectivity index (χ0n) is 18.6. The van der Waals surface area contributed by atoms with E-state index >= 15 is 0 Å². The first-order chi connectivity index (χ1) is 16.1. The van der Waals surface area contributed by atoms with E-state index in [0.29, 0.717) is 18.2 Å². The SMILES string of the molecule is CCCNc1nccc(-c2c(-c3ccc(F)cc3)nc3n2C(CNC(=O)CCC=O)CC3)n1. The number of rotatable bonds is 10. The Balaban J connectivity index is 1.72. The van der Waals surface area contributed by atoms with Crippen LogP contribution < -0.4 is 10.6 Å². The third-order valence-corrected chi connectivity index (χ3v) is 5.62. The van der Waals surface area contributed by atoms with Crippen molar-refractivity contribution in [2.24, 2.45) is 0 Å². The fraction of sp³-hybridized carbons (Fsp3) is 0.375. The van der Waals surface area contributed by atoms with Gasteiger partial charge in [-0.1, -0.05) is 6.92 Å². The van der Waals surface area contributed by atoms with E-state index in [0.717, 1.165) is 54.9 Å². The van der Waals surface area contributed by atoms with Crippen LogP contribution in [0.4, 0.5) is 10.3 Å². The molecule has 0 saturated heterocycles. The van der Waals surface area contributed by atoms with Crippen molar-refractivity contribution in [3.8, 4) is 22.6 Å². The van der Waals surface area contributed by atoms with Crippen LogP contribution in [0, 0.1) is 5.82 Å². The first-order valence-corrected chi connectivity index (χ1v) is 11.2. The number of amides is 1. The summed E-state index contributed by atoms with van der Waals surface area (Å²) in [5.41, 5.74) is 3.05. The van der Waals surface area contributed by atoms with Gasteiger partial charge in [-0.2, -0.15) is 0 Å². The summed E-state index contributed by atoms with van der Waals surface area (Å²) in [7, 11) is 0. The van der Waals surface area contributed by atoms with Gasteiger partial charge in [0.25, 0.3) is 0 Å². The summed E-state index contributed by atoms with van der Waals surface area (Å²) in [6.45, 7) is 3.26. The molecule has 1 amide bonds. The van der Waals surface area contributed by atoms with E-state index in [-0.39, 0.29) is 30.6 Å². The van der Waals surface area contributed by atoms with E-state index < -0.39 is 0 Å². The number of nitrogens with one attached hydrogen (secondary N) is 2. The molecule has 1 atom stereocenters. The van der Waals surface area contributed by atoms with Crippen LogP contribution in [-0.2, 0) is 16.0 Å². The molecule has 1 unspecified atom stereocenters. The van der Waals surface area contributed by atoms with E-state index in [2.05, 4.69) is 27.1 Å². The van der Waals surface area contributed by atoms with Gasteiger partial charge in [-0.15, -0.1) is 0 Å². The Morgan fingerprint density at radius 1 is 1.24 bits per heavy atom. The Hall–Kier alpha value is -3.62. The Morgan fingerprint density at radius 2 is 2.06 bits per heavy atom. The summed E-state index contributed by atoms with van der Waals surface area (Å²) >= 11 is 0. The highest BCUT2D eigenvalue weighted by atomic mass is 19.1. The lowest BCUT2D eigenvalue weighted by Crippen LogP contribution is -2.29. The number of nitrogens with zero attached hydrogens (tertiary/aromatic N) is 4. The van der Waals surface area contributed by atoms with Gasteiger partial charge in [0, 0.05) is 44.1 Å². The van der Waals surface area contributed by atoms with Crippen molar-refractivity contribution in [2.75, 3.05) is 18.4 Å². The average molecular weight is 451 g/mol. The van der Waals surface area contributed by atoms with Crippen LogP contribution in [0.15, 0.2) is 36.5 Å². The molecule has 0 saturated carbocycles. The number of anilines is 1. The predicted octanol–water partition coefficient (Wildman–Crippen LogP) is 3.55. The molecule has 0 bridgehead atoms. The Labute approximate surface area is 191 Å². The highest BCUT2D eigenvalue weighted by Crippen LogP contribution is 2.39. The predicted molar refractivity (Wildman–Crippen MR) is 123 cm³/mol. The van der Waals surface area contributed by atoms with E-state index in [1.807, 2.05) is 6.07 Å². The molecule has 33 heavy (non-hydrogen) atoms. The molecule has 0 fully saturated rings. The summed E-state index contributed by atoms with van der Waals surface area (Å²) in [5, 5.41) is 6.15. The first-order valence-electron chi connectivity index (χ1n) is 11.2. The number of hydrogen-bond acceptors (Lipinski definition) is 6. The number of aromatic nitrogens is 4. The third kappa shape index (κ3) is 5.08. The Morgan fingerprint density at radius 3 is 2.82 bits per heavy atom. The summed E-state index contributed by atoms with van der Waals surface area (Å²) in [4.78, 5) is 36.5. The minimum atomic E-state index is -0.309. The second-order valence-electron chi connectivity index (χ2n) is 8.00. The summed E-state index contributed by atoms with van der Waals surface area (Å²) in [5.74, 6) is 0.977. The molecule has 0 spiro atoms. The number of aldehydes is 1. The molecule has 3 heterocycles. The molecule has 1 aliphatic heterocycles. The average Bonchev–Trinajstić information content (AvgIpc) is 3.40. The maximum atomic E-state index is 13.6. The van der Waals surface area contributed by atoms with E-state index in [4.69, 9.17) is 9.97 Å². The van der Waals surface area contributed by atoms with Crippen LogP contribution >= 0.6 is 0 Å². The van der Waals surface area contributed by atoms with E-state index in [1.54, 1.807) is 18.3 Å². The van der Waals surface area contributed by atoms with Crippen molar-refractivity contribution in [1.29, 1.82) is 0 Å². The van der Waals surface area contributed by atoms with Gasteiger partial charge >= 0.3 is 0 Å². The van der Waals surface area contributed by atoms with Gasteiger partial charge in [0.1, 0.15) is 17.9 Å². The maximum Gasteiger partial charge on any atom is 0.223 e. The molecule has 0 radical (unpaired) electrons. The first kappa shape index (κ1) is 22.6. The van der Waals surface area contributed by atoms with Crippen molar-refractivity contribution in [3.05, 3.63) is 48.2 Å². The molecule has 2 aromatic heterocycles. The third-order valence-electron chi connectivity index (χ3n) is 5.62. The highest BCUT2D eigenvalue weighted by molar-refractivity contribution is 5.79. The van der Waals surface area contributed by atoms with Gasteiger partial charge in [-0.05, 0) is 43.2 Å². The molecule has 1 aliphatic rings. The van der Waals surface area contributed by atoms with Crippen molar-refractivity contribution in [2.45, 2.75) is 45.1 Å². The lowest BCUT2D eigenvalue weighted by Gasteiger charge is -2.18. The highest BCUT2D eigenvalue weighted by Gasteiger charge is 2.31. The van der Waals surface area contributed by atoms with Crippen LogP contribution in [0.2, 0.25) is 0 Å². The number of aryl methyl sites for hydroxylation is 1. The standard InChI is InChI=1S/C24H27FN6O2/c1-2-12-26-24-27-13-11-19(29-24)23-22(16-5-7-17(25)8-6-16)30-20-10-9-18(31(20)23)15-28-21(33)4-3-14-32/h5-8,11,13-14,18H,2-4,9-10,12,15H2,1H3,(H,28,33)(H,26,27,29). The second-order valence-corrected chi connectivity index (χ2v) is 8.00. The molecule has 8 nitrogen and oxygen atoms in total. The zero-order chi connectivity index (χ0) is 23.2. The molecule has 4 rings (SSSR count). The van der Waals surface area contributed by atoms with Crippen molar-refractivity contribution in [1.82, 2.24) is 24.8 Å². The number of carbonyl (C=O) groups is 2. The topological polar surface area (TPSA) is 102 Å². The van der Waals surface area contributed by atoms with Gasteiger partial charge in [0.05, 0.1) is 23.1 Å². The van der Waals surface area contributed by atoms with Gasteiger partial charge in [-0.3, -0.25) is 4.79 Å². The number of carbonyl (C=O) groups excluding carboxylic acids is 2. The van der Waals surface area contributed by atoms with Crippen molar-refractivity contribution < 1.29 is 14.0 Å². The van der Waals surface area contributed by atoms with Crippen LogP contribution in [0.25, 0.3) is 22.6 Å². The van der Waals surface area contributed by atoms with E-state index in [9.17, 15) is 14.0 Å². The Kier molecular flexibility index (Phi) is 7.07. The fourth-order valence-electron chi connectivity index (χ4n) is 4.04. The number of benzene rings is 1. The molecule has 3 aromatic rings. The summed E-state index contributed by atoms with van der Waals surface area (Å²) in [6, 6.07) is 8.10. The molecular weight excluding hydrogens is 423 g/mol. The quantitative estimate of drug-likeness (QED) is 0.458. The van der Waals surface area contributed by atoms with Crippen LogP contribution in [0.3, 0.4) is 0 Å². The molecule has 172 valence electrons. The number of halogens is 1. The van der Waals surface area contributed by atoms with Gasteiger partial charge in [0.15, 0.2) is 0 Å². The summed E-state index contributed by atoms with van der Waals surface area (Å²) in [6.07, 6.45) is 5.38. The smallest absolute Gasteiger partial charge is 0.223 e. The van der Waals surface area contributed by atoms with Gasteiger partial charge in [-0.25, -0.2) is 19.3 Å². The molecule has 2 N–H and O–H groups in total. The van der Waals surface area contributed by atoms with E-state index in [1.165, 1.54) is 12.1 Å². The second kappa shape index (κ2) is 10.3. The van der Waals surface area contributed by atoms with Crippen molar-refractivity contribution >= 4 is 18.1 Å². The largest absolute Gasteiger partial charge is 0.354 e. The monoisotopic (exact) mass is 450 g/mol. The minimum Gasteiger partial charge on any atom is -0.354 e. The number of fused-ring (bicyclic) bond motifs is 1. The fourth-order valence-corrected chi connectivity index (χ4v) is 4.04. The molecule has 1 aromatic carbocycles. The number of hydrogen-bond donors (Lipinski definition) is 2. The number of imidazole rings is 1. The Bertz CT molecular complexity index is 1130. The minimum absolute atomic E-state index is 0.00102. The molecule has 9 heteroatoms. The zero-order valence-corrected chi connectivity index (χ0v) is 18.6.